The minimum atomic E-state index is 0.745. The van der Waals surface area contributed by atoms with Crippen LogP contribution in [0.15, 0.2) is 30.5 Å². The zero-order valence-corrected chi connectivity index (χ0v) is 15.5. The molecule has 0 fully saturated rings. The highest BCUT2D eigenvalue weighted by molar-refractivity contribution is 5.84. The fourth-order valence-corrected chi connectivity index (χ4v) is 3.79. The molecule has 0 aliphatic heterocycles. The molecule has 0 spiro atoms. The number of unbranched alkanes of at least 4 members (excludes halogenated alkanes) is 6. The first kappa shape index (κ1) is 18.1. The largest absolute Gasteiger partial charge is 0.350 e. The lowest BCUT2D eigenvalue weighted by Gasteiger charge is -2.16. The summed E-state index contributed by atoms with van der Waals surface area (Å²) in [5.74, 6) is 0.745. The van der Waals surface area contributed by atoms with Gasteiger partial charge in [-0.25, -0.2) is 0 Å². The lowest BCUT2D eigenvalue weighted by Crippen LogP contribution is -1.99. The number of fused-ring (bicyclic) bond motifs is 1. The first-order chi connectivity index (χ1) is 11.3. The van der Waals surface area contributed by atoms with Crippen LogP contribution in [0.25, 0.3) is 10.9 Å². The Balaban J connectivity index is 2.08. The van der Waals surface area contributed by atoms with Crippen LogP contribution in [-0.2, 0) is 7.05 Å². The van der Waals surface area contributed by atoms with Crippen molar-refractivity contribution in [2.24, 2.45) is 7.05 Å². The molecule has 0 amide bonds. The number of rotatable bonds is 11. The summed E-state index contributed by atoms with van der Waals surface area (Å²) in [6.07, 6.45) is 16.1. The molecule has 0 radical (unpaired) electrons. The van der Waals surface area contributed by atoms with Crippen molar-refractivity contribution in [2.75, 3.05) is 0 Å². The van der Waals surface area contributed by atoms with E-state index in [2.05, 4.69) is 55.9 Å². The Bertz CT molecular complexity index is 566. The van der Waals surface area contributed by atoms with Crippen LogP contribution in [0.1, 0.15) is 89.5 Å². The minimum Gasteiger partial charge on any atom is -0.350 e. The maximum Gasteiger partial charge on any atom is 0.0480 e. The second kappa shape index (κ2) is 9.80. The molecule has 23 heavy (non-hydrogen) atoms. The van der Waals surface area contributed by atoms with Crippen LogP contribution in [0, 0.1) is 0 Å². The maximum atomic E-state index is 2.40. The Kier molecular flexibility index (Phi) is 7.71. The molecule has 1 unspecified atom stereocenters. The highest BCUT2D eigenvalue weighted by atomic mass is 14.9. The molecule has 2 rings (SSSR count). The molecule has 0 aliphatic carbocycles. The zero-order valence-electron chi connectivity index (χ0n) is 15.5. The van der Waals surface area contributed by atoms with Gasteiger partial charge >= 0.3 is 0 Å². The van der Waals surface area contributed by atoms with Crippen LogP contribution in [0.3, 0.4) is 0 Å². The smallest absolute Gasteiger partial charge is 0.0480 e. The van der Waals surface area contributed by atoms with Gasteiger partial charge in [-0.05, 0) is 30.4 Å². The maximum absolute atomic E-state index is 2.40. The van der Waals surface area contributed by atoms with Crippen LogP contribution in [0.5, 0.6) is 0 Å². The summed E-state index contributed by atoms with van der Waals surface area (Å²) >= 11 is 0. The van der Waals surface area contributed by atoms with Crippen LogP contribution in [-0.4, -0.2) is 4.57 Å². The van der Waals surface area contributed by atoms with Gasteiger partial charge in [0.2, 0.25) is 0 Å². The van der Waals surface area contributed by atoms with Crippen molar-refractivity contribution in [3.63, 3.8) is 0 Å². The van der Waals surface area contributed by atoms with Crippen LogP contribution < -0.4 is 0 Å². The SMILES string of the molecule is CCCCCCCC(CCCCC)c1cn(C)c2ccccc12. The summed E-state index contributed by atoms with van der Waals surface area (Å²) in [5.41, 5.74) is 2.98. The second-order valence-corrected chi connectivity index (χ2v) is 7.11. The molecule has 0 saturated heterocycles. The van der Waals surface area contributed by atoms with E-state index in [1.165, 1.54) is 75.1 Å². The topological polar surface area (TPSA) is 4.93 Å². The van der Waals surface area contributed by atoms with E-state index in [-0.39, 0.29) is 0 Å². The molecule has 2 aromatic rings. The molecule has 0 aliphatic rings. The Morgan fingerprint density at radius 2 is 1.43 bits per heavy atom. The summed E-state index contributed by atoms with van der Waals surface area (Å²) in [5, 5.41) is 1.48. The Labute approximate surface area is 143 Å². The third-order valence-corrected chi connectivity index (χ3v) is 5.18. The highest BCUT2D eigenvalue weighted by Gasteiger charge is 2.16. The van der Waals surface area contributed by atoms with Gasteiger partial charge in [0.25, 0.3) is 0 Å². The zero-order chi connectivity index (χ0) is 16.5. The van der Waals surface area contributed by atoms with E-state index in [0.29, 0.717) is 0 Å². The first-order valence-corrected chi connectivity index (χ1v) is 9.81. The van der Waals surface area contributed by atoms with Crippen LogP contribution in [0.2, 0.25) is 0 Å². The van der Waals surface area contributed by atoms with Crippen molar-refractivity contribution < 1.29 is 0 Å². The average molecular weight is 314 g/mol. The third-order valence-electron chi connectivity index (χ3n) is 5.18. The van der Waals surface area contributed by atoms with E-state index < -0.39 is 0 Å². The van der Waals surface area contributed by atoms with Crippen molar-refractivity contribution in [3.05, 3.63) is 36.0 Å². The molecule has 1 heteroatoms. The predicted molar refractivity (Wildman–Crippen MR) is 103 cm³/mol. The molecule has 1 atom stereocenters. The predicted octanol–water partition coefficient (Wildman–Crippen LogP) is 7.20. The minimum absolute atomic E-state index is 0.745. The molecule has 0 N–H and O–H groups in total. The standard InChI is InChI=1S/C22H35N/c1-4-6-8-9-11-15-19(14-10-7-5-2)21-18-23(3)22-17-13-12-16-20(21)22/h12-13,16-19H,4-11,14-15H2,1-3H3. The molecular weight excluding hydrogens is 278 g/mol. The van der Waals surface area contributed by atoms with Crippen molar-refractivity contribution in [2.45, 2.75) is 84.0 Å². The van der Waals surface area contributed by atoms with Gasteiger partial charge in [0.15, 0.2) is 0 Å². The fraction of sp³-hybridized carbons (Fsp3) is 0.636. The summed E-state index contributed by atoms with van der Waals surface area (Å²) in [4.78, 5) is 0. The first-order valence-electron chi connectivity index (χ1n) is 9.81. The van der Waals surface area contributed by atoms with Crippen molar-refractivity contribution >= 4 is 10.9 Å². The number of para-hydroxylation sites is 1. The molecule has 1 aromatic carbocycles. The molecule has 1 heterocycles. The van der Waals surface area contributed by atoms with Crippen LogP contribution >= 0.6 is 0 Å². The number of hydrogen-bond donors (Lipinski definition) is 0. The summed E-state index contributed by atoms with van der Waals surface area (Å²) in [7, 11) is 2.19. The van der Waals surface area contributed by atoms with Gasteiger partial charge in [-0.2, -0.15) is 0 Å². The van der Waals surface area contributed by atoms with E-state index in [1.54, 1.807) is 5.56 Å². The van der Waals surface area contributed by atoms with Gasteiger partial charge in [0.1, 0.15) is 0 Å². The lowest BCUT2D eigenvalue weighted by atomic mass is 9.88. The van der Waals surface area contributed by atoms with E-state index in [4.69, 9.17) is 0 Å². The normalized spacial score (nSPS) is 12.8. The average Bonchev–Trinajstić information content (AvgIpc) is 2.90. The molecule has 0 saturated carbocycles. The van der Waals surface area contributed by atoms with Gasteiger partial charge in [-0.1, -0.05) is 83.4 Å². The quantitative estimate of drug-likeness (QED) is 0.386. The Morgan fingerprint density at radius 3 is 2.17 bits per heavy atom. The Morgan fingerprint density at radius 1 is 0.826 bits per heavy atom. The van der Waals surface area contributed by atoms with Gasteiger partial charge in [0, 0.05) is 24.1 Å². The summed E-state index contributed by atoms with van der Waals surface area (Å²) < 4.78 is 2.31. The highest BCUT2D eigenvalue weighted by Crippen LogP contribution is 2.34. The molecule has 1 aromatic heterocycles. The van der Waals surface area contributed by atoms with Gasteiger partial charge in [-0.15, -0.1) is 0 Å². The molecule has 128 valence electrons. The lowest BCUT2D eigenvalue weighted by molar-refractivity contribution is 0.499. The number of hydrogen-bond acceptors (Lipinski definition) is 0. The van der Waals surface area contributed by atoms with Crippen molar-refractivity contribution in [1.82, 2.24) is 4.57 Å². The number of aryl methyl sites for hydroxylation is 1. The van der Waals surface area contributed by atoms with Gasteiger partial charge < -0.3 is 4.57 Å². The van der Waals surface area contributed by atoms with Crippen LogP contribution in [0.4, 0.5) is 0 Å². The van der Waals surface area contributed by atoms with E-state index in [1.807, 2.05) is 0 Å². The second-order valence-electron chi connectivity index (χ2n) is 7.11. The molecule has 0 bridgehead atoms. The third kappa shape index (κ3) is 5.12. The van der Waals surface area contributed by atoms with Crippen molar-refractivity contribution in [1.29, 1.82) is 0 Å². The van der Waals surface area contributed by atoms with Gasteiger partial charge in [0.05, 0.1) is 0 Å². The van der Waals surface area contributed by atoms with Gasteiger partial charge in [-0.3, -0.25) is 0 Å². The summed E-state index contributed by atoms with van der Waals surface area (Å²) in [6.45, 7) is 4.60. The van der Waals surface area contributed by atoms with Crippen molar-refractivity contribution in [3.8, 4) is 0 Å². The Hall–Kier alpha value is -1.24. The number of benzene rings is 1. The molecule has 1 nitrogen and oxygen atoms in total. The van der Waals surface area contributed by atoms with E-state index in [0.717, 1.165) is 5.92 Å². The number of nitrogens with zero attached hydrogens (tertiary/aromatic N) is 1. The fourth-order valence-electron chi connectivity index (χ4n) is 3.79. The van der Waals surface area contributed by atoms with E-state index in [9.17, 15) is 0 Å². The molecular formula is C22H35N. The van der Waals surface area contributed by atoms with E-state index >= 15 is 0 Å². The monoisotopic (exact) mass is 313 g/mol. The summed E-state index contributed by atoms with van der Waals surface area (Å²) in [6, 6.07) is 8.91. The number of aromatic nitrogens is 1.